The zero-order valence-electron chi connectivity index (χ0n) is 14.6. The van der Waals surface area contributed by atoms with Gasteiger partial charge in [0.2, 0.25) is 0 Å². The number of aromatic nitrogens is 4. The number of hydrogen-bond acceptors (Lipinski definition) is 6. The summed E-state index contributed by atoms with van der Waals surface area (Å²) in [5, 5.41) is 26.4. The smallest absolute Gasteiger partial charge is 0.358 e. The molecule has 0 spiro atoms. The minimum Gasteiger partial charge on any atom is -0.476 e. The Morgan fingerprint density at radius 3 is 2.89 bits per heavy atom. The molecular formula is C19H16N6O2. The minimum atomic E-state index is -1.09. The maximum Gasteiger partial charge on any atom is 0.358 e. The van der Waals surface area contributed by atoms with Crippen LogP contribution in [0.5, 0.6) is 0 Å². The molecule has 1 aromatic carbocycles. The highest BCUT2D eigenvalue weighted by molar-refractivity contribution is 5.86. The Hall–Kier alpha value is -3.73. The van der Waals surface area contributed by atoms with E-state index in [-0.39, 0.29) is 5.69 Å². The number of hydrogen-bond donors (Lipinski definition) is 1. The fraction of sp³-hybridized carbons (Fsp3) is 0.211. The Bertz CT molecular complexity index is 1080. The van der Waals surface area contributed by atoms with E-state index in [1.54, 1.807) is 29.9 Å². The summed E-state index contributed by atoms with van der Waals surface area (Å²) in [4.78, 5) is 17.7. The molecule has 2 aromatic heterocycles. The summed E-state index contributed by atoms with van der Waals surface area (Å²) in [7, 11) is 0. The van der Waals surface area contributed by atoms with Gasteiger partial charge >= 0.3 is 5.97 Å². The van der Waals surface area contributed by atoms with Gasteiger partial charge in [-0.15, -0.1) is 5.10 Å². The van der Waals surface area contributed by atoms with Crippen LogP contribution >= 0.6 is 0 Å². The molecule has 3 heterocycles. The van der Waals surface area contributed by atoms with Crippen molar-refractivity contribution in [2.75, 3.05) is 11.4 Å². The summed E-state index contributed by atoms with van der Waals surface area (Å²) in [5.74, 6) is -0.407. The molecule has 134 valence electrons. The van der Waals surface area contributed by atoms with Gasteiger partial charge in [-0.3, -0.25) is 0 Å². The molecule has 4 rings (SSSR count). The van der Waals surface area contributed by atoms with Gasteiger partial charge in [0.25, 0.3) is 0 Å². The van der Waals surface area contributed by atoms with E-state index in [4.69, 9.17) is 0 Å². The van der Waals surface area contributed by atoms with Crippen LogP contribution in [0.15, 0.2) is 36.5 Å². The number of fused-ring (bicyclic) bond motifs is 1. The SMILES string of the molecule is Cc1c(C(=O)O)nnn1-c1cccc2c1CCN(c1ncccc1C#N)C2. The van der Waals surface area contributed by atoms with Crippen LogP contribution in [0, 0.1) is 18.3 Å². The number of nitrogens with zero attached hydrogens (tertiary/aromatic N) is 6. The minimum absolute atomic E-state index is 0.0443. The van der Waals surface area contributed by atoms with Gasteiger partial charge in [0.15, 0.2) is 5.69 Å². The van der Waals surface area contributed by atoms with Crippen molar-refractivity contribution in [2.45, 2.75) is 19.9 Å². The topological polar surface area (TPSA) is 108 Å². The summed E-state index contributed by atoms with van der Waals surface area (Å²) < 4.78 is 1.58. The van der Waals surface area contributed by atoms with Crippen LogP contribution in [0.4, 0.5) is 5.82 Å². The van der Waals surface area contributed by atoms with Crippen molar-refractivity contribution in [3.63, 3.8) is 0 Å². The highest BCUT2D eigenvalue weighted by Gasteiger charge is 2.24. The standard InChI is InChI=1S/C19H16N6O2/c1-12-17(19(26)27)22-23-25(12)16-6-2-4-14-11-24(9-7-15(14)16)18-13(10-20)5-3-8-21-18/h2-6,8H,7,9,11H2,1H3,(H,26,27). The number of carbonyl (C=O) groups is 1. The lowest BCUT2D eigenvalue weighted by Crippen LogP contribution is -2.32. The third-order valence-electron chi connectivity index (χ3n) is 4.77. The van der Waals surface area contributed by atoms with E-state index >= 15 is 0 Å². The average molecular weight is 360 g/mol. The van der Waals surface area contributed by atoms with Gasteiger partial charge in [0.05, 0.1) is 16.9 Å². The molecule has 1 aliphatic rings. The van der Waals surface area contributed by atoms with Crippen LogP contribution in [0.25, 0.3) is 5.69 Å². The van der Waals surface area contributed by atoms with E-state index in [0.717, 1.165) is 23.2 Å². The number of carboxylic acid groups (broad SMARTS) is 1. The molecule has 27 heavy (non-hydrogen) atoms. The largest absolute Gasteiger partial charge is 0.476 e. The summed E-state index contributed by atoms with van der Waals surface area (Å²) in [6.07, 6.45) is 2.42. The second-order valence-electron chi connectivity index (χ2n) is 6.31. The predicted molar refractivity (Wildman–Crippen MR) is 96.8 cm³/mol. The monoisotopic (exact) mass is 360 g/mol. The molecule has 0 saturated heterocycles. The Kier molecular flexibility index (Phi) is 4.05. The van der Waals surface area contributed by atoms with Gasteiger partial charge in [0, 0.05) is 19.3 Å². The molecule has 1 aliphatic heterocycles. The van der Waals surface area contributed by atoms with Crippen molar-refractivity contribution in [2.24, 2.45) is 0 Å². The molecular weight excluding hydrogens is 344 g/mol. The number of aromatic carboxylic acids is 1. The molecule has 0 fully saturated rings. The third-order valence-corrected chi connectivity index (χ3v) is 4.77. The lowest BCUT2D eigenvalue weighted by atomic mass is 9.97. The van der Waals surface area contributed by atoms with Crippen molar-refractivity contribution in [3.8, 4) is 11.8 Å². The van der Waals surface area contributed by atoms with Gasteiger partial charge in [-0.1, -0.05) is 17.3 Å². The summed E-state index contributed by atoms with van der Waals surface area (Å²) in [5.41, 5.74) is 4.04. The van der Waals surface area contributed by atoms with Crippen LogP contribution in [0.1, 0.15) is 32.9 Å². The zero-order chi connectivity index (χ0) is 19.0. The van der Waals surface area contributed by atoms with Gasteiger partial charge in [-0.2, -0.15) is 5.26 Å². The first kappa shape index (κ1) is 16.7. The number of anilines is 1. The molecule has 0 atom stereocenters. The number of rotatable bonds is 3. The Labute approximate surface area is 155 Å². The maximum absolute atomic E-state index is 11.3. The van der Waals surface area contributed by atoms with E-state index < -0.39 is 5.97 Å². The van der Waals surface area contributed by atoms with Crippen molar-refractivity contribution >= 4 is 11.8 Å². The zero-order valence-corrected chi connectivity index (χ0v) is 14.6. The summed E-state index contributed by atoms with van der Waals surface area (Å²) >= 11 is 0. The predicted octanol–water partition coefficient (Wildman–Crippen LogP) is 2.10. The van der Waals surface area contributed by atoms with Crippen molar-refractivity contribution < 1.29 is 9.90 Å². The van der Waals surface area contributed by atoms with E-state index in [1.807, 2.05) is 18.2 Å². The molecule has 0 aliphatic carbocycles. The molecule has 0 bridgehead atoms. The van der Waals surface area contributed by atoms with E-state index in [1.165, 1.54) is 0 Å². The first-order valence-electron chi connectivity index (χ1n) is 8.47. The van der Waals surface area contributed by atoms with Gasteiger partial charge < -0.3 is 10.0 Å². The molecule has 3 aromatic rings. The first-order valence-corrected chi connectivity index (χ1v) is 8.47. The molecule has 0 unspecified atom stereocenters. The fourth-order valence-corrected chi connectivity index (χ4v) is 3.46. The second-order valence-corrected chi connectivity index (χ2v) is 6.31. The quantitative estimate of drug-likeness (QED) is 0.762. The van der Waals surface area contributed by atoms with Crippen LogP contribution in [0.3, 0.4) is 0 Å². The first-order chi connectivity index (χ1) is 13.1. The molecule has 0 radical (unpaired) electrons. The normalized spacial score (nSPS) is 13.1. The molecule has 8 heteroatoms. The Balaban J connectivity index is 1.73. The van der Waals surface area contributed by atoms with Gasteiger partial charge in [0.1, 0.15) is 11.9 Å². The van der Waals surface area contributed by atoms with Gasteiger partial charge in [-0.25, -0.2) is 14.5 Å². The third kappa shape index (κ3) is 2.79. The summed E-state index contributed by atoms with van der Waals surface area (Å²) in [6.45, 7) is 3.02. The highest BCUT2D eigenvalue weighted by Crippen LogP contribution is 2.29. The summed E-state index contributed by atoms with van der Waals surface area (Å²) in [6, 6.07) is 11.6. The van der Waals surface area contributed by atoms with Crippen LogP contribution < -0.4 is 4.90 Å². The van der Waals surface area contributed by atoms with Gasteiger partial charge in [-0.05, 0) is 42.7 Å². The van der Waals surface area contributed by atoms with Crippen molar-refractivity contribution in [3.05, 3.63) is 64.6 Å². The molecule has 8 nitrogen and oxygen atoms in total. The molecule has 0 amide bonds. The molecule has 0 saturated carbocycles. The Morgan fingerprint density at radius 2 is 2.15 bits per heavy atom. The van der Waals surface area contributed by atoms with Crippen LogP contribution in [-0.4, -0.2) is 37.6 Å². The van der Waals surface area contributed by atoms with Crippen molar-refractivity contribution in [1.82, 2.24) is 20.0 Å². The lowest BCUT2D eigenvalue weighted by molar-refractivity contribution is 0.0689. The highest BCUT2D eigenvalue weighted by atomic mass is 16.4. The Morgan fingerprint density at radius 1 is 1.30 bits per heavy atom. The number of pyridine rings is 1. The van der Waals surface area contributed by atoms with Crippen molar-refractivity contribution in [1.29, 1.82) is 5.26 Å². The number of nitriles is 1. The van der Waals surface area contributed by atoms with E-state index in [2.05, 4.69) is 26.3 Å². The van der Waals surface area contributed by atoms with Crippen LogP contribution in [0.2, 0.25) is 0 Å². The fourth-order valence-electron chi connectivity index (χ4n) is 3.46. The lowest BCUT2D eigenvalue weighted by Gasteiger charge is -2.31. The number of carboxylic acids is 1. The van der Waals surface area contributed by atoms with E-state index in [9.17, 15) is 15.2 Å². The average Bonchev–Trinajstić information content (AvgIpc) is 3.08. The maximum atomic E-state index is 11.3. The molecule has 1 N–H and O–H groups in total. The van der Waals surface area contributed by atoms with Crippen LogP contribution in [-0.2, 0) is 13.0 Å². The second kappa shape index (κ2) is 6.53. The number of benzene rings is 1. The van der Waals surface area contributed by atoms with E-state index in [0.29, 0.717) is 30.2 Å².